The van der Waals surface area contributed by atoms with Crippen LogP contribution in [0.1, 0.15) is 27.7 Å². The first-order chi connectivity index (χ1) is 6.50. The van der Waals surface area contributed by atoms with Crippen molar-refractivity contribution in [3.8, 4) is 0 Å². The molecule has 82 valence electrons. The molecule has 0 spiro atoms. The summed E-state index contributed by atoms with van der Waals surface area (Å²) in [5.74, 6) is 1.91. The van der Waals surface area contributed by atoms with Crippen LogP contribution in [0.4, 0.5) is 0 Å². The highest BCUT2D eigenvalue weighted by atomic mass is 15.3. The second-order valence-corrected chi connectivity index (χ2v) is 5.95. The maximum absolute atomic E-state index is 2.66. The molecule has 2 atom stereocenters. The fourth-order valence-corrected chi connectivity index (χ4v) is 2.90. The van der Waals surface area contributed by atoms with Crippen molar-refractivity contribution >= 4 is 0 Å². The van der Waals surface area contributed by atoms with Crippen LogP contribution in [0.25, 0.3) is 0 Å². The summed E-state index contributed by atoms with van der Waals surface area (Å²) in [4.78, 5) is 5.27. The molecule has 2 saturated heterocycles. The van der Waals surface area contributed by atoms with Gasteiger partial charge in [-0.25, -0.2) is 0 Å². The SMILES string of the molecule is CCN1CC2CN(C(C)(C)C)CC2C1. The van der Waals surface area contributed by atoms with Gasteiger partial charge in [0.15, 0.2) is 0 Å². The lowest BCUT2D eigenvalue weighted by Crippen LogP contribution is -2.41. The second kappa shape index (κ2) is 3.49. The molecule has 0 aromatic carbocycles. The van der Waals surface area contributed by atoms with Crippen LogP contribution in [-0.4, -0.2) is 48.1 Å². The number of hydrogen-bond acceptors (Lipinski definition) is 2. The molecule has 2 aliphatic heterocycles. The summed E-state index contributed by atoms with van der Waals surface area (Å²) >= 11 is 0. The molecule has 0 N–H and O–H groups in total. The van der Waals surface area contributed by atoms with Gasteiger partial charge in [0.2, 0.25) is 0 Å². The first-order valence-electron chi connectivity index (χ1n) is 5.98. The molecule has 2 heteroatoms. The van der Waals surface area contributed by atoms with E-state index in [1.165, 1.54) is 32.7 Å². The van der Waals surface area contributed by atoms with Crippen LogP contribution in [0, 0.1) is 11.8 Å². The first-order valence-corrected chi connectivity index (χ1v) is 5.98. The maximum atomic E-state index is 2.66. The largest absolute Gasteiger partial charge is 0.303 e. The molecule has 0 saturated carbocycles. The Balaban J connectivity index is 1.94. The van der Waals surface area contributed by atoms with Crippen LogP contribution in [0.5, 0.6) is 0 Å². The van der Waals surface area contributed by atoms with E-state index in [9.17, 15) is 0 Å². The van der Waals surface area contributed by atoms with Gasteiger partial charge in [-0.15, -0.1) is 0 Å². The molecule has 2 rings (SSSR count). The zero-order chi connectivity index (χ0) is 10.3. The third-order valence-electron chi connectivity index (χ3n) is 3.96. The van der Waals surface area contributed by atoms with E-state index in [0.29, 0.717) is 5.54 Å². The van der Waals surface area contributed by atoms with Crippen LogP contribution in [0.3, 0.4) is 0 Å². The lowest BCUT2D eigenvalue weighted by molar-refractivity contribution is 0.150. The van der Waals surface area contributed by atoms with Crippen molar-refractivity contribution in [3.63, 3.8) is 0 Å². The molecule has 0 aromatic heterocycles. The smallest absolute Gasteiger partial charge is 0.0125 e. The number of nitrogens with zero attached hydrogens (tertiary/aromatic N) is 2. The summed E-state index contributed by atoms with van der Waals surface area (Å²) in [6.45, 7) is 15.9. The molecule has 0 amide bonds. The van der Waals surface area contributed by atoms with Crippen molar-refractivity contribution in [1.29, 1.82) is 0 Å². The molecule has 2 heterocycles. The Morgan fingerprint density at radius 3 is 1.86 bits per heavy atom. The Morgan fingerprint density at radius 1 is 1.00 bits per heavy atom. The maximum Gasteiger partial charge on any atom is 0.0125 e. The molecule has 2 aliphatic rings. The summed E-state index contributed by atoms with van der Waals surface area (Å²) in [5, 5.41) is 0. The lowest BCUT2D eigenvalue weighted by atomic mass is 10.0. The van der Waals surface area contributed by atoms with Gasteiger partial charge in [-0.05, 0) is 39.2 Å². The molecule has 2 unspecified atom stereocenters. The molecular weight excluding hydrogens is 172 g/mol. The summed E-state index contributed by atoms with van der Waals surface area (Å²) in [5.41, 5.74) is 0.376. The lowest BCUT2D eigenvalue weighted by Gasteiger charge is -2.33. The van der Waals surface area contributed by atoms with Gasteiger partial charge in [0.05, 0.1) is 0 Å². The Labute approximate surface area is 88.3 Å². The second-order valence-electron chi connectivity index (χ2n) is 5.95. The van der Waals surface area contributed by atoms with Gasteiger partial charge in [0.1, 0.15) is 0 Å². The van der Waals surface area contributed by atoms with E-state index in [2.05, 4.69) is 37.5 Å². The van der Waals surface area contributed by atoms with Crippen LogP contribution < -0.4 is 0 Å². The van der Waals surface area contributed by atoms with E-state index in [-0.39, 0.29) is 0 Å². The minimum Gasteiger partial charge on any atom is -0.303 e. The van der Waals surface area contributed by atoms with Crippen LogP contribution in [0.15, 0.2) is 0 Å². The fraction of sp³-hybridized carbons (Fsp3) is 1.00. The summed E-state index contributed by atoms with van der Waals surface area (Å²) in [6.07, 6.45) is 0. The van der Waals surface area contributed by atoms with Crippen LogP contribution >= 0.6 is 0 Å². The van der Waals surface area contributed by atoms with Gasteiger partial charge in [0, 0.05) is 31.7 Å². The van der Waals surface area contributed by atoms with E-state index in [1.54, 1.807) is 0 Å². The van der Waals surface area contributed by atoms with Gasteiger partial charge in [-0.1, -0.05) is 6.92 Å². The van der Waals surface area contributed by atoms with Crippen molar-refractivity contribution < 1.29 is 0 Å². The van der Waals surface area contributed by atoms with E-state index < -0.39 is 0 Å². The number of likely N-dealkylation sites (tertiary alicyclic amines) is 2. The van der Waals surface area contributed by atoms with Gasteiger partial charge < -0.3 is 4.90 Å². The van der Waals surface area contributed by atoms with E-state index in [0.717, 1.165) is 11.8 Å². The molecule has 0 radical (unpaired) electrons. The number of hydrogen-bond donors (Lipinski definition) is 0. The van der Waals surface area contributed by atoms with E-state index in [1.807, 2.05) is 0 Å². The Hall–Kier alpha value is -0.0800. The van der Waals surface area contributed by atoms with Gasteiger partial charge in [-0.2, -0.15) is 0 Å². The third kappa shape index (κ3) is 1.82. The summed E-state index contributed by atoms with van der Waals surface area (Å²) < 4.78 is 0. The van der Waals surface area contributed by atoms with Crippen molar-refractivity contribution in [2.24, 2.45) is 11.8 Å². The number of rotatable bonds is 1. The third-order valence-corrected chi connectivity index (χ3v) is 3.96. The average Bonchev–Trinajstić information content (AvgIpc) is 2.56. The number of fused-ring (bicyclic) bond motifs is 1. The Kier molecular flexibility index (Phi) is 2.61. The quantitative estimate of drug-likeness (QED) is 0.629. The Morgan fingerprint density at radius 2 is 1.50 bits per heavy atom. The molecule has 2 nitrogen and oxygen atoms in total. The zero-order valence-corrected chi connectivity index (χ0v) is 10.1. The zero-order valence-electron chi connectivity index (χ0n) is 10.1. The van der Waals surface area contributed by atoms with Gasteiger partial charge >= 0.3 is 0 Å². The van der Waals surface area contributed by atoms with Crippen molar-refractivity contribution in [2.75, 3.05) is 32.7 Å². The monoisotopic (exact) mass is 196 g/mol. The molecular formula is C12H24N2. The minimum atomic E-state index is 0.376. The Bertz CT molecular complexity index is 193. The minimum absolute atomic E-state index is 0.376. The standard InChI is InChI=1S/C12H24N2/c1-5-13-6-10-8-14(12(2,3)4)9-11(10)7-13/h10-11H,5-9H2,1-4H3. The van der Waals surface area contributed by atoms with Gasteiger partial charge in [0.25, 0.3) is 0 Å². The summed E-state index contributed by atoms with van der Waals surface area (Å²) in [6, 6.07) is 0. The first kappa shape index (κ1) is 10.4. The highest BCUT2D eigenvalue weighted by Gasteiger charge is 2.42. The fourth-order valence-electron chi connectivity index (χ4n) is 2.90. The van der Waals surface area contributed by atoms with E-state index >= 15 is 0 Å². The van der Waals surface area contributed by atoms with Crippen LogP contribution in [-0.2, 0) is 0 Å². The average molecular weight is 196 g/mol. The highest BCUT2D eigenvalue weighted by molar-refractivity contribution is 4.96. The predicted molar refractivity (Wildman–Crippen MR) is 60.4 cm³/mol. The molecule has 0 aromatic rings. The van der Waals surface area contributed by atoms with E-state index in [4.69, 9.17) is 0 Å². The van der Waals surface area contributed by atoms with Crippen molar-refractivity contribution in [2.45, 2.75) is 33.2 Å². The van der Waals surface area contributed by atoms with Crippen molar-refractivity contribution in [1.82, 2.24) is 9.80 Å². The normalized spacial score (nSPS) is 35.1. The summed E-state index contributed by atoms with van der Waals surface area (Å²) in [7, 11) is 0. The highest BCUT2D eigenvalue weighted by Crippen LogP contribution is 2.34. The molecule has 0 bridgehead atoms. The topological polar surface area (TPSA) is 6.48 Å². The van der Waals surface area contributed by atoms with Gasteiger partial charge in [-0.3, -0.25) is 4.90 Å². The molecule has 14 heavy (non-hydrogen) atoms. The predicted octanol–water partition coefficient (Wildman–Crippen LogP) is 1.67. The molecule has 0 aliphatic carbocycles. The molecule has 2 fully saturated rings. The van der Waals surface area contributed by atoms with Crippen LogP contribution in [0.2, 0.25) is 0 Å². The van der Waals surface area contributed by atoms with Crippen molar-refractivity contribution in [3.05, 3.63) is 0 Å².